The van der Waals surface area contributed by atoms with Gasteiger partial charge in [0.1, 0.15) is 5.82 Å². The zero-order valence-corrected chi connectivity index (χ0v) is 17.7. The molecule has 1 aliphatic rings. The van der Waals surface area contributed by atoms with E-state index in [9.17, 15) is 14.0 Å². The normalized spacial score (nSPS) is 16.8. The van der Waals surface area contributed by atoms with Gasteiger partial charge in [-0.2, -0.15) is 0 Å². The van der Waals surface area contributed by atoms with Crippen LogP contribution in [0.15, 0.2) is 41.2 Å². The van der Waals surface area contributed by atoms with E-state index in [0.717, 1.165) is 29.6 Å². The summed E-state index contributed by atoms with van der Waals surface area (Å²) in [7, 11) is 3.60. The zero-order chi connectivity index (χ0) is 21.4. The van der Waals surface area contributed by atoms with E-state index in [4.69, 9.17) is 11.6 Å². The molecule has 0 aliphatic carbocycles. The molecule has 0 spiro atoms. The van der Waals surface area contributed by atoms with Crippen molar-refractivity contribution in [1.29, 1.82) is 0 Å². The number of carbonyl (C=O) groups is 1. The van der Waals surface area contributed by atoms with Crippen LogP contribution < -0.4 is 11.0 Å². The molecule has 6 nitrogen and oxygen atoms in total. The van der Waals surface area contributed by atoms with Crippen LogP contribution in [0, 0.1) is 5.82 Å². The SMILES string of the molecule is CNc1ccc2c(c1)n(C)c(=O)n2[C@H]1CCCN(C(=O)Cc2cc(F)cc(Cl)c2)C1. The molecular weight excluding hydrogens is 407 g/mol. The molecule has 158 valence electrons. The van der Waals surface area contributed by atoms with Crippen LogP contribution in [0.5, 0.6) is 0 Å². The van der Waals surface area contributed by atoms with Gasteiger partial charge in [0.15, 0.2) is 0 Å². The maximum atomic E-state index is 13.6. The number of likely N-dealkylation sites (tertiary alicyclic amines) is 1. The molecule has 1 aromatic heterocycles. The molecule has 3 aromatic rings. The number of halogens is 2. The number of benzene rings is 2. The van der Waals surface area contributed by atoms with Gasteiger partial charge in [-0.3, -0.25) is 13.9 Å². The Bertz CT molecular complexity index is 1150. The molecule has 1 fully saturated rings. The fourth-order valence-electron chi connectivity index (χ4n) is 4.26. The van der Waals surface area contributed by atoms with E-state index in [-0.39, 0.29) is 29.1 Å². The van der Waals surface area contributed by atoms with Gasteiger partial charge in [-0.15, -0.1) is 0 Å². The number of anilines is 1. The number of carbonyl (C=O) groups excluding carboxylic acids is 1. The lowest BCUT2D eigenvalue weighted by Crippen LogP contribution is -2.43. The summed E-state index contributed by atoms with van der Waals surface area (Å²) in [5, 5.41) is 3.37. The fraction of sp³-hybridized carbons (Fsp3) is 0.364. The number of hydrogen-bond acceptors (Lipinski definition) is 3. The third kappa shape index (κ3) is 3.81. The maximum Gasteiger partial charge on any atom is 0.329 e. The second-order valence-electron chi connectivity index (χ2n) is 7.76. The number of nitrogens with zero attached hydrogens (tertiary/aromatic N) is 3. The van der Waals surface area contributed by atoms with Crippen molar-refractivity contribution >= 4 is 34.2 Å². The quantitative estimate of drug-likeness (QED) is 0.688. The number of aromatic nitrogens is 2. The highest BCUT2D eigenvalue weighted by Gasteiger charge is 2.28. The van der Waals surface area contributed by atoms with Crippen molar-refractivity contribution in [1.82, 2.24) is 14.0 Å². The summed E-state index contributed by atoms with van der Waals surface area (Å²) in [6.07, 6.45) is 1.71. The number of imidazole rings is 1. The van der Waals surface area contributed by atoms with E-state index in [0.29, 0.717) is 18.7 Å². The third-order valence-corrected chi connectivity index (χ3v) is 5.99. The molecule has 0 bridgehead atoms. The topological polar surface area (TPSA) is 59.3 Å². The van der Waals surface area contributed by atoms with Gasteiger partial charge in [0.05, 0.1) is 23.5 Å². The first-order valence-corrected chi connectivity index (χ1v) is 10.4. The Morgan fingerprint density at radius 3 is 2.77 bits per heavy atom. The van der Waals surface area contributed by atoms with Crippen LogP contribution in [0.3, 0.4) is 0 Å². The van der Waals surface area contributed by atoms with Crippen molar-refractivity contribution in [3.63, 3.8) is 0 Å². The number of piperidine rings is 1. The summed E-state index contributed by atoms with van der Waals surface area (Å²) in [5.41, 5.74) is 3.11. The lowest BCUT2D eigenvalue weighted by atomic mass is 10.0. The summed E-state index contributed by atoms with van der Waals surface area (Å²) in [4.78, 5) is 27.6. The first-order chi connectivity index (χ1) is 14.4. The predicted molar refractivity (Wildman–Crippen MR) is 117 cm³/mol. The molecule has 8 heteroatoms. The Morgan fingerprint density at radius 1 is 1.23 bits per heavy atom. The Morgan fingerprint density at radius 2 is 2.03 bits per heavy atom. The van der Waals surface area contributed by atoms with Crippen LogP contribution in [0.1, 0.15) is 24.4 Å². The lowest BCUT2D eigenvalue weighted by Gasteiger charge is -2.33. The molecule has 4 rings (SSSR count). The van der Waals surface area contributed by atoms with Gasteiger partial charge in [0, 0.05) is 37.9 Å². The Balaban J connectivity index is 1.59. The van der Waals surface area contributed by atoms with Crippen LogP contribution in [-0.4, -0.2) is 40.1 Å². The number of rotatable bonds is 4. The van der Waals surface area contributed by atoms with Crippen molar-refractivity contribution in [2.45, 2.75) is 25.3 Å². The molecule has 30 heavy (non-hydrogen) atoms. The van der Waals surface area contributed by atoms with E-state index in [1.54, 1.807) is 27.1 Å². The highest BCUT2D eigenvalue weighted by molar-refractivity contribution is 6.30. The van der Waals surface area contributed by atoms with Crippen molar-refractivity contribution in [2.75, 3.05) is 25.5 Å². The average Bonchev–Trinajstić information content (AvgIpc) is 2.97. The molecule has 0 saturated carbocycles. The molecule has 0 unspecified atom stereocenters. The summed E-state index contributed by atoms with van der Waals surface area (Å²) in [6, 6.07) is 9.90. The van der Waals surface area contributed by atoms with Crippen LogP contribution in [0.2, 0.25) is 5.02 Å². The fourth-order valence-corrected chi connectivity index (χ4v) is 4.51. The summed E-state index contributed by atoms with van der Waals surface area (Å²) in [5.74, 6) is -0.544. The number of amides is 1. The largest absolute Gasteiger partial charge is 0.388 e. The van der Waals surface area contributed by atoms with Gasteiger partial charge in [0.2, 0.25) is 5.91 Å². The molecule has 2 heterocycles. The van der Waals surface area contributed by atoms with Crippen LogP contribution in [-0.2, 0) is 18.3 Å². The molecule has 2 aromatic carbocycles. The smallest absolute Gasteiger partial charge is 0.329 e. The van der Waals surface area contributed by atoms with Gasteiger partial charge >= 0.3 is 5.69 Å². The van der Waals surface area contributed by atoms with E-state index in [1.165, 1.54) is 12.1 Å². The summed E-state index contributed by atoms with van der Waals surface area (Å²) >= 11 is 5.91. The Kier molecular flexibility index (Phi) is 5.56. The van der Waals surface area contributed by atoms with Crippen molar-refractivity contribution < 1.29 is 9.18 Å². The van der Waals surface area contributed by atoms with Crippen LogP contribution >= 0.6 is 11.6 Å². The van der Waals surface area contributed by atoms with E-state index < -0.39 is 5.82 Å². The van der Waals surface area contributed by atoms with Gasteiger partial charge in [0.25, 0.3) is 0 Å². The second-order valence-corrected chi connectivity index (χ2v) is 8.19. The standard InChI is InChI=1S/C22H24ClFN4O2/c1-25-17-5-6-19-20(12-17)26(2)22(30)28(19)18-4-3-7-27(13-18)21(29)10-14-8-15(23)11-16(24)9-14/h5-6,8-9,11-12,18,25H,3-4,7,10,13H2,1-2H3/t18-/m0/s1. The Labute approximate surface area is 178 Å². The third-order valence-electron chi connectivity index (χ3n) is 5.77. The molecule has 1 atom stereocenters. The molecule has 1 amide bonds. The minimum atomic E-state index is -0.454. The first kappa shape index (κ1) is 20.5. The molecule has 1 aliphatic heterocycles. The van der Waals surface area contributed by atoms with Crippen molar-refractivity contribution in [3.05, 3.63) is 63.3 Å². The van der Waals surface area contributed by atoms with E-state index >= 15 is 0 Å². The van der Waals surface area contributed by atoms with Gasteiger partial charge in [-0.25, -0.2) is 9.18 Å². The van der Waals surface area contributed by atoms with Gasteiger partial charge < -0.3 is 10.2 Å². The van der Waals surface area contributed by atoms with Crippen molar-refractivity contribution in [3.8, 4) is 0 Å². The minimum Gasteiger partial charge on any atom is -0.388 e. The van der Waals surface area contributed by atoms with E-state index in [2.05, 4.69) is 5.32 Å². The Hall–Kier alpha value is -2.80. The number of aryl methyl sites for hydroxylation is 1. The summed E-state index contributed by atoms with van der Waals surface area (Å²) < 4.78 is 17.0. The lowest BCUT2D eigenvalue weighted by molar-refractivity contribution is -0.132. The van der Waals surface area contributed by atoms with Crippen LogP contribution in [0.25, 0.3) is 11.0 Å². The van der Waals surface area contributed by atoms with Gasteiger partial charge in [-0.1, -0.05) is 11.6 Å². The number of hydrogen-bond donors (Lipinski definition) is 1. The minimum absolute atomic E-state index is 0.0835. The number of fused-ring (bicyclic) bond motifs is 1. The monoisotopic (exact) mass is 430 g/mol. The highest BCUT2D eigenvalue weighted by Crippen LogP contribution is 2.27. The predicted octanol–water partition coefficient (Wildman–Crippen LogP) is 3.58. The number of nitrogens with one attached hydrogen (secondary N) is 1. The zero-order valence-electron chi connectivity index (χ0n) is 17.0. The van der Waals surface area contributed by atoms with Crippen LogP contribution in [0.4, 0.5) is 10.1 Å². The molecule has 1 saturated heterocycles. The maximum absolute atomic E-state index is 13.6. The second kappa shape index (κ2) is 8.14. The highest BCUT2D eigenvalue weighted by atomic mass is 35.5. The molecular formula is C22H24ClFN4O2. The van der Waals surface area contributed by atoms with Crippen molar-refractivity contribution in [2.24, 2.45) is 7.05 Å². The first-order valence-electron chi connectivity index (χ1n) is 9.99. The molecule has 0 radical (unpaired) electrons. The van der Waals surface area contributed by atoms with Gasteiger partial charge in [-0.05, 0) is 54.8 Å². The summed E-state index contributed by atoms with van der Waals surface area (Å²) in [6.45, 7) is 1.08. The molecule has 1 N–H and O–H groups in total. The average molecular weight is 431 g/mol. The van der Waals surface area contributed by atoms with E-state index in [1.807, 2.05) is 25.2 Å².